The Balaban J connectivity index is 1.97. The van der Waals surface area contributed by atoms with Crippen molar-refractivity contribution in [1.29, 1.82) is 0 Å². The Morgan fingerprint density at radius 3 is 2.81 bits per heavy atom. The van der Waals surface area contributed by atoms with Crippen molar-refractivity contribution in [1.82, 2.24) is 10.3 Å². The molecule has 0 saturated heterocycles. The summed E-state index contributed by atoms with van der Waals surface area (Å²) in [6.45, 7) is 0.995. The first-order valence-electron chi connectivity index (χ1n) is 5.50. The first-order chi connectivity index (χ1) is 7.88. The molecule has 16 heavy (non-hydrogen) atoms. The molecule has 0 aliphatic rings. The van der Waals surface area contributed by atoms with Crippen molar-refractivity contribution in [3.8, 4) is 0 Å². The van der Waals surface area contributed by atoms with Gasteiger partial charge in [0.15, 0.2) is 0 Å². The minimum Gasteiger partial charge on any atom is -0.319 e. The van der Waals surface area contributed by atoms with E-state index in [0.717, 1.165) is 19.4 Å². The average molecular weight is 232 g/mol. The second-order valence-electron chi connectivity index (χ2n) is 3.75. The van der Waals surface area contributed by atoms with Gasteiger partial charge in [-0.1, -0.05) is 30.3 Å². The van der Waals surface area contributed by atoms with E-state index < -0.39 is 0 Å². The molecule has 1 heterocycles. The number of aromatic nitrogens is 1. The molecule has 3 heteroatoms. The van der Waals surface area contributed by atoms with Crippen LogP contribution >= 0.6 is 11.3 Å². The number of thiazole rings is 1. The fourth-order valence-electron chi connectivity index (χ4n) is 1.57. The molecule has 2 aromatic rings. The summed E-state index contributed by atoms with van der Waals surface area (Å²) in [6, 6.07) is 10.5. The maximum atomic E-state index is 4.62. The SMILES string of the molecule is CNCCc1csc(Cc2ccccc2)n1. The molecule has 0 aliphatic heterocycles. The third kappa shape index (κ3) is 3.15. The van der Waals surface area contributed by atoms with Crippen molar-refractivity contribution in [2.75, 3.05) is 13.6 Å². The Kier molecular flexibility index (Phi) is 4.08. The van der Waals surface area contributed by atoms with Crippen LogP contribution in [0.2, 0.25) is 0 Å². The number of nitrogens with one attached hydrogen (secondary N) is 1. The molecule has 0 radical (unpaired) electrons. The van der Waals surface area contributed by atoms with Crippen molar-refractivity contribution in [2.24, 2.45) is 0 Å². The van der Waals surface area contributed by atoms with Crippen LogP contribution in [0.25, 0.3) is 0 Å². The van der Waals surface area contributed by atoms with Gasteiger partial charge < -0.3 is 5.32 Å². The highest BCUT2D eigenvalue weighted by Crippen LogP contribution is 2.14. The zero-order chi connectivity index (χ0) is 11.2. The molecule has 0 amide bonds. The fourth-order valence-corrected chi connectivity index (χ4v) is 2.43. The summed E-state index contributed by atoms with van der Waals surface area (Å²) in [6.07, 6.45) is 1.97. The van der Waals surface area contributed by atoms with Crippen molar-refractivity contribution >= 4 is 11.3 Å². The van der Waals surface area contributed by atoms with Crippen LogP contribution in [0.1, 0.15) is 16.3 Å². The average Bonchev–Trinajstić information content (AvgIpc) is 2.75. The van der Waals surface area contributed by atoms with Crippen LogP contribution in [0.3, 0.4) is 0 Å². The minimum absolute atomic E-state index is 0.949. The number of likely N-dealkylation sites (N-methyl/N-ethyl adjacent to an activating group) is 1. The standard InChI is InChI=1S/C13H16N2S/c1-14-8-7-12-10-16-13(15-12)9-11-5-3-2-4-6-11/h2-6,10,14H,7-9H2,1H3. The molecular formula is C13H16N2S. The van der Waals surface area contributed by atoms with E-state index in [4.69, 9.17) is 0 Å². The minimum atomic E-state index is 0.949. The lowest BCUT2D eigenvalue weighted by Crippen LogP contribution is -2.10. The number of hydrogen-bond acceptors (Lipinski definition) is 3. The van der Waals surface area contributed by atoms with E-state index in [9.17, 15) is 0 Å². The summed E-state index contributed by atoms with van der Waals surface area (Å²) in [5.74, 6) is 0. The summed E-state index contributed by atoms with van der Waals surface area (Å²) in [5.41, 5.74) is 2.53. The van der Waals surface area contributed by atoms with E-state index in [1.807, 2.05) is 13.1 Å². The number of hydrogen-bond donors (Lipinski definition) is 1. The lowest BCUT2D eigenvalue weighted by molar-refractivity contribution is 0.778. The van der Waals surface area contributed by atoms with Gasteiger partial charge in [-0.2, -0.15) is 0 Å². The summed E-state index contributed by atoms with van der Waals surface area (Å²) in [5, 5.41) is 6.51. The van der Waals surface area contributed by atoms with Crippen molar-refractivity contribution < 1.29 is 0 Å². The Bertz CT molecular complexity index is 423. The highest BCUT2D eigenvalue weighted by molar-refractivity contribution is 7.09. The van der Waals surface area contributed by atoms with Gasteiger partial charge in [-0.05, 0) is 12.6 Å². The van der Waals surface area contributed by atoms with E-state index in [-0.39, 0.29) is 0 Å². The summed E-state index contributed by atoms with van der Waals surface area (Å²) >= 11 is 1.76. The van der Waals surface area contributed by atoms with E-state index in [2.05, 4.69) is 39.9 Å². The molecule has 0 spiro atoms. The van der Waals surface area contributed by atoms with Gasteiger partial charge in [-0.25, -0.2) is 4.98 Å². The third-order valence-corrected chi connectivity index (χ3v) is 3.33. The predicted molar refractivity (Wildman–Crippen MR) is 69.0 cm³/mol. The summed E-state index contributed by atoms with van der Waals surface area (Å²) in [7, 11) is 1.97. The highest BCUT2D eigenvalue weighted by atomic mass is 32.1. The quantitative estimate of drug-likeness (QED) is 0.856. The molecule has 0 fully saturated rings. The topological polar surface area (TPSA) is 24.9 Å². The van der Waals surface area contributed by atoms with Crippen LogP contribution in [0.4, 0.5) is 0 Å². The third-order valence-electron chi connectivity index (χ3n) is 2.43. The lowest BCUT2D eigenvalue weighted by Gasteiger charge is -1.97. The van der Waals surface area contributed by atoms with Crippen molar-refractivity contribution in [3.05, 3.63) is 52.0 Å². The maximum absolute atomic E-state index is 4.62. The lowest BCUT2D eigenvalue weighted by atomic mass is 10.2. The maximum Gasteiger partial charge on any atom is 0.0972 e. The van der Waals surface area contributed by atoms with Gasteiger partial charge in [-0.15, -0.1) is 11.3 Å². The molecule has 2 rings (SSSR count). The van der Waals surface area contributed by atoms with E-state index in [1.165, 1.54) is 16.3 Å². The summed E-state index contributed by atoms with van der Waals surface area (Å²) in [4.78, 5) is 4.62. The predicted octanol–water partition coefficient (Wildman–Crippen LogP) is 2.50. The molecule has 1 aromatic heterocycles. The normalized spacial score (nSPS) is 10.6. The molecule has 0 aliphatic carbocycles. The Morgan fingerprint density at radius 2 is 2.06 bits per heavy atom. The number of rotatable bonds is 5. The number of nitrogens with zero attached hydrogens (tertiary/aromatic N) is 1. The van der Waals surface area contributed by atoms with Crippen LogP contribution < -0.4 is 5.32 Å². The highest BCUT2D eigenvalue weighted by Gasteiger charge is 2.02. The first kappa shape index (κ1) is 11.3. The van der Waals surface area contributed by atoms with Gasteiger partial charge in [0.05, 0.1) is 10.7 Å². The van der Waals surface area contributed by atoms with Gasteiger partial charge in [0.25, 0.3) is 0 Å². The van der Waals surface area contributed by atoms with Gasteiger partial charge in [0.2, 0.25) is 0 Å². The van der Waals surface area contributed by atoms with Crippen LogP contribution in [-0.4, -0.2) is 18.6 Å². The zero-order valence-electron chi connectivity index (χ0n) is 9.44. The van der Waals surface area contributed by atoms with Gasteiger partial charge in [0.1, 0.15) is 0 Å². The molecule has 0 unspecified atom stereocenters. The molecule has 0 bridgehead atoms. The fraction of sp³-hybridized carbons (Fsp3) is 0.308. The smallest absolute Gasteiger partial charge is 0.0972 e. The molecule has 1 aromatic carbocycles. The first-order valence-corrected chi connectivity index (χ1v) is 6.38. The van der Waals surface area contributed by atoms with Gasteiger partial charge >= 0.3 is 0 Å². The Hall–Kier alpha value is -1.19. The Labute approximate surface area is 100 Å². The number of benzene rings is 1. The van der Waals surface area contributed by atoms with Crippen LogP contribution in [0.15, 0.2) is 35.7 Å². The summed E-state index contributed by atoms with van der Waals surface area (Å²) < 4.78 is 0. The van der Waals surface area contributed by atoms with E-state index in [1.54, 1.807) is 11.3 Å². The van der Waals surface area contributed by atoms with Gasteiger partial charge in [-0.3, -0.25) is 0 Å². The monoisotopic (exact) mass is 232 g/mol. The van der Waals surface area contributed by atoms with Crippen LogP contribution in [0.5, 0.6) is 0 Å². The molecule has 1 N–H and O–H groups in total. The molecule has 2 nitrogen and oxygen atoms in total. The van der Waals surface area contributed by atoms with Crippen molar-refractivity contribution in [2.45, 2.75) is 12.8 Å². The van der Waals surface area contributed by atoms with Crippen LogP contribution in [-0.2, 0) is 12.8 Å². The second-order valence-corrected chi connectivity index (χ2v) is 4.69. The molecule has 84 valence electrons. The zero-order valence-corrected chi connectivity index (χ0v) is 10.3. The van der Waals surface area contributed by atoms with Crippen molar-refractivity contribution in [3.63, 3.8) is 0 Å². The van der Waals surface area contributed by atoms with Gasteiger partial charge in [0, 0.05) is 24.8 Å². The molecular weight excluding hydrogens is 216 g/mol. The molecule has 0 atom stereocenters. The van der Waals surface area contributed by atoms with E-state index >= 15 is 0 Å². The largest absolute Gasteiger partial charge is 0.319 e. The Morgan fingerprint density at radius 1 is 1.25 bits per heavy atom. The van der Waals surface area contributed by atoms with Crippen LogP contribution in [0, 0.1) is 0 Å². The van der Waals surface area contributed by atoms with E-state index in [0.29, 0.717) is 0 Å². The molecule has 0 saturated carbocycles. The second kappa shape index (κ2) is 5.77.